The Labute approximate surface area is 173 Å². The molecular weight excluding hydrogens is 390 g/mol. The van der Waals surface area contributed by atoms with Gasteiger partial charge in [0.15, 0.2) is 0 Å². The van der Waals surface area contributed by atoms with E-state index in [2.05, 4.69) is 4.72 Å². The van der Waals surface area contributed by atoms with Crippen LogP contribution in [0.5, 0.6) is 11.5 Å². The summed E-state index contributed by atoms with van der Waals surface area (Å²) in [5.74, 6) is 1.45. The zero-order valence-corrected chi connectivity index (χ0v) is 17.8. The summed E-state index contributed by atoms with van der Waals surface area (Å²) >= 11 is 0. The second-order valence-corrected chi connectivity index (χ2v) is 9.03. The Bertz CT molecular complexity index is 872. The predicted octanol–water partition coefficient (Wildman–Crippen LogP) is 3.51. The van der Waals surface area contributed by atoms with Crippen LogP contribution in [0.1, 0.15) is 31.7 Å². The molecule has 1 heterocycles. The van der Waals surface area contributed by atoms with Crippen LogP contribution in [0.2, 0.25) is 0 Å². The van der Waals surface area contributed by atoms with E-state index in [1.807, 2.05) is 31.2 Å². The van der Waals surface area contributed by atoms with Crippen molar-refractivity contribution in [1.29, 1.82) is 0 Å². The standard InChI is InChI=1S/C22H29NO5S/c1-3-14-28-20-8-10-21(11-9-20)29(24,25)23-17-22(12-15-27-16-13-22)18-4-6-19(26-2)7-5-18/h4-11,23H,3,12-17H2,1-2H3. The third-order valence-corrected chi connectivity index (χ3v) is 6.78. The van der Waals surface area contributed by atoms with Crippen LogP contribution in [-0.2, 0) is 20.2 Å². The smallest absolute Gasteiger partial charge is 0.240 e. The molecule has 1 N–H and O–H groups in total. The fraction of sp³-hybridized carbons (Fsp3) is 0.455. The van der Waals surface area contributed by atoms with E-state index in [0.717, 1.165) is 30.6 Å². The number of nitrogens with one attached hydrogen (secondary N) is 1. The maximum atomic E-state index is 12.9. The number of sulfonamides is 1. The van der Waals surface area contributed by atoms with E-state index < -0.39 is 10.0 Å². The van der Waals surface area contributed by atoms with Gasteiger partial charge in [0.05, 0.1) is 18.6 Å². The summed E-state index contributed by atoms with van der Waals surface area (Å²) in [4.78, 5) is 0.235. The van der Waals surface area contributed by atoms with E-state index in [1.54, 1.807) is 31.4 Å². The highest BCUT2D eigenvalue weighted by Crippen LogP contribution is 2.35. The Hall–Kier alpha value is -2.09. The Kier molecular flexibility index (Phi) is 7.16. The quantitative estimate of drug-likeness (QED) is 0.673. The summed E-state index contributed by atoms with van der Waals surface area (Å²) in [6.07, 6.45) is 2.41. The summed E-state index contributed by atoms with van der Waals surface area (Å²) in [5, 5.41) is 0. The normalized spacial score (nSPS) is 16.3. The van der Waals surface area contributed by atoms with E-state index in [-0.39, 0.29) is 10.3 Å². The minimum atomic E-state index is -3.63. The van der Waals surface area contributed by atoms with Crippen molar-refractivity contribution in [3.05, 3.63) is 54.1 Å². The van der Waals surface area contributed by atoms with Gasteiger partial charge in [-0.3, -0.25) is 0 Å². The zero-order valence-electron chi connectivity index (χ0n) is 17.0. The number of ether oxygens (including phenoxy) is 3. The fourth-order valence-electron chi connectivity index (χ4n) is 3.53. The van der Waals surface area contributed by atoms with Gasteiger partial charge in [0, 0.05) is 25.2 Å². The van der Waals surface area contributed by atoms with Gasteiger partial charge >= 0.3 is 0 Å². The molecule has 0 aromatic heterocycles. The first kappa shape index (κ1) is 21.6. The van der Waals surface area contributed by atoms with Crippen molar-refractivity contribution in [2.45, 2.75) is 36.5 Å². The molecular formula is C22H29NO5S. The number of benzene rings is 2. The third kappa shape index (κ3) is 5.29. The van der Waals surface area contributed by atoms with Crippen molar-refractivity contribution in [3.8, 4) is 11.5 Å². The van der Waals surface area contributed by atoms with Gasteiger partial charge in [-0.2, -0.15) is 0 Å². The number of methoxy groups -OCH3 is 1. The molecule has 0 amide bonds. The summed E-state index contributed by atoms with van der Waals surface area (Å²) in [6.45, 7) is 4.17. The van der Waals surface area contributed by atoms with Gasteiger partial charge in [0.1, 0.15) is 11.5 Å². The molecule has 2 aromatic carbocycles. The monoisotopic (exact) mass is 419 g/mol. The highest BCUT2D eigenvalue weighted by molar-refractivity contribution is 7.89. The van der Waals surface area contributed by atoms with Crippen molar-refractivity contribution < 1.29 is 22.6 Å². The highest BCUT2D eigenvalue weighted by Gasteiger charge is 2.35. The number of hydrogen-bond acceptors (Lipinski definition) is 5. The lowest BCUT2D eigenvalue weighted by molar-refractivity contribution is 0.0517. The highest BCUT2D eigenvalue weighted by atomic mass is 32.2. The molecule has 0 unspecified atom stereocenters. The molecule has 158 valence electrons. The lowest BCUT2D eigenvalue weighted by Crippen LogP contribution is -2.44. The lowest BCUT2D eigenvalue weighted by atomic mass is 9.74. The minimum absolute atomic E-state index is 0.235. The molecule has 0 aliphatic carbocycles. The third-order valence-electron chi connectivity index (χ3n) is 5.36. The maximum absolute atomic E-state index is 12.9. The van der Waals surface area contributed by atoms with E-state index in [0.29, 0.717) is 32.1 Å². The van der Waals surface area contributed by atoms with Crippen LogP contribution in [0, 0.1) is 0 Å². The number of rotatable bonds is 9. The SMILES string of the molecule is CCCOc1ccc(S(=O)(=O)NCC2(c3ccc(OC)cc3)CCOCC2)cc1. The molecule has 7 heteroatoms. The van der Waals surface area contributed by atoms with Crippen LogP contribution < -0.4 is 14.2 Å². The van der Waals surface area contributed by atoms with E-state index in [9.17, 15) is 8.42 Å². The average Bonchev–Trinajstić information content (AvgIpc) is 2.77. The van der Waals surface area contributed by atoms with Crippen molar-refractivity contribution in [2.75, 3.05) is 33.5 Å². The van der Waals surface area contributed by atoms with Gasteiger partial charge in [-0.1, -0.05) is 19.1 Å². The van der Waals surface area contributed by atoms with Crippen LogP contribution in [0.15, 0.2) is 53.4 Å². The first-order valence-electron chi connectivity index (χ1n) is 9.94. The first-order chi connectivity index (χ1) is 14.0. The summed E-state index contributed by atoms with van der Waals surface area (Å²) in [7, 11) is -2.00. The van der Waals surface area contributed by atoms with Crippen LogP contribution in [0.3, 0.4) is 0 Å². The predicted molar refractivity (Wildman–Crippen MR) is 112 cm³/mol. The van der Waals surface area contributed by atoms with Crippen LogP contribution in [-0.4, -0.2) is 41.9 Å². The molecule has 1 aliphatic rings. The Morgan fingerprint density at radius 3 is 2.21 bits per heavy atom. The van der Waals surface area contributed by atoms with Crippen LogP contribution in [0.25, 0.3) is 0 Å². The minimum Gasteiger partial charge on any atom is -0.497 e. The molecule has 0 bridgehead atoms. The molecule has 0 saturated carbocycles. The summed E-state index contributed by atoms with van der Waals surface area (Å²) in [6, 6.07) is 14.4. The van der Waals surface area contributed by atoms with Gasteiger partial charge in [-0.15, -0.1) is 0 Å². The Morgan fingerprint density at radius 1 is 1.00 bits per heavy atom. The zero-order chi connectivity index (χ0) is 20.7. The van der Waals surface area contributed by atoms with Crippen molar-refractivity contribution >= 4 is 10.0 Å². The molecule has 29 heavy (non-hydrogen) atoms. The Morgan fingerprint density at radius 2 is 1.62 bits per heavy atom. The fourth-order valence-corrected chi connectivity index (χ4v) is 4.65. The Balaban J connectivity index is 1.76. The molecule has 2 aromatic rings. The molecule has 0 atom stereocenters. The van der Waals surface area contributed by atoms with Gasteiger partial charge in [0.25, 0.3) is 0 Å². The van der Waals surface area contributed by atoms with Crippen LogP contribution in [0.4, 0.5) is 0 Å². The van der Waals surface area contributed by atoms with E-state index in [1.165, 1.54) is 0 Å². The molecule has 0 radical (unpaired) electrons. The topological polar surface area (TPSA) is 73.9 Å². The van der Waals surface area contributed by atoms with E-state index >= 15 is 0 Å². The second kappa shape index (κ2) is 9.61. The van der Waals surface area contributed by atoms with Gasteiger partial charge < -0.3 is 14.2 Å². The van der Waals surface area contributed by atoms with Crippen molar-refractivity contribution in [3.63, 3.8) is 0 Å². The number of hydrogen-bond donors (Lipinski definition) is 1. The lowest BCUT2D eigenvalue weighted by Gasteiger charge is -2.38. The maximum Gasteiger partial charge on any atom is 0.240 e. The molecule has 0 spiro atoms. The van der Waals surface area contributed by atoms with Crippen molar-refractivity contribution in [2.24, 2.45) is 0 Å². The summed E-state index contributed by atoms with van der Waals surface area (Å²) in [5.41, 5.74) is 0.787. The van der Waals surface area contributed by atoms with Gasteiger partial charge in [0.2, 0.25) is 10.0 Å². The van der Waals surface area contributed by atoms with Gasteiger partial charge in [-0.25, -0.2) is 13.1 Å². The van der Waals surface area contributed by atoms with Gasteiger partial charge in [-0.05, 0) is 61.2 Å². The molecule has 6 nitrogen and oxygen atoms in total. The van der Waals surface area contributed by atoms with Crippen molar-refractivity contribution in [1.82, 2.24) is 4.72 Å². The summed E-state index contributed by atoms with van der Waals surface area (Å²) < 4.78 is 44.9. The average molecular weight is 420 g/mol. The molecule has 1 aliphatic heterocycles. The molecule has 1 fully saturated rings. The first-order valence-corrected chi connectivity index (χ1v) is 11.4. The van der Waals surface area contributed by atoms with E-state index in [4.69, 9.17) is 14.2 Å². The van der Waals surface area contributed by atoms with Crippen LogP contribution >= 0.6 is 0 Å². The largest absolute Gasteiger partial charge is 0.497 e. The second-order valence-electron chi connectivity index (χ2n) is 7.27. The molecule has 3 rings (SSSR count). The molecule has 1 saturated heterocycles.